The van der Waals surface area contributed by atoms with E-state index in [4.69, 9.17) is 35.9 Å². The van der Waals surface area contributed by atoms with Crippen molar-refractivity contribution in [3.63, 3.8) is 0 Å². The third-order valence-corrected chi connectivity index (χ3v) is 5.89. The van der Waals surface area contributed by atoms with Gasteiger partial charge in [0.15, 0.2) is 16.6 Å². The minimum Gasteiger partial charge on any atom is -0.493 e. The number of carbonyl (C=O) groups is 3. The quantitative estimate of drug-likeness (QED) is 0.392. The lowest BCUT2D eigenvalue weighted by Crippen LogP contribution is -2.60. The summed E-state index contributed by atoms with van der Waals surface area (Å²) in [6.07, 6.45) is 1.44. The van der Waals surface area contributed by atoms with Crippen molar-refractivity contribution in [3.8, 4) is 17.2 Å². The maximum atomic E-state index is 12.9. The van der Waals surface area contributed by atoms with E-state index in [1.54, 1.807) is 0 Å². The molecule has 1 aromatic rings. The molecule has 0 spiro atoms. The number of ether oxygens (including phenoxy) is 5. The number of methoxy groups -OCH3 is 3. The third-order valence-electron chi connectivity index (χ3n) is 5.55. The molecule has 2 unspecified atom stereocenters. The second-order valence-electron chi connectivity index (χ2n) is 7.70. The number of esters is 1. The second-order valence-corrected chi connectivity index (χ2v) is 8.08. The first-order chi connectivity index (χ1) is 16.4. The SMILES string of the molecule is COc1cc(C(=O)NC(=S)N2CCNC(=O)C2CC(=O)OCC2CCCO2)cc(OC)c1OC. The molecule has 1 aromatic carbocycles. The van der Waals surface area contributed by atoms with Gasteiger partial charge < -0.3 is 33.9 Å². The van der Waals surface area contributed by atoms with E-state index in [1.807, 2.05) is 0 Å². The first kappa shape index (κ1) is 25.5. The van der Waals surface area contributed by atoms with Crippen LogP contribution in [-0.4, -0.2) is 87.6 Å². The van der Waals surface area contributed by atoms with Crippen LogP contribution in [0.25, 0.3) is 0 Å². The molecule has 2 aliphatic rings. The average molecular weight is 496 g/mol. The number of rotatable bonds is 8. The van der Waals surface area contributed by atoms with Crippen molar-refractivity contribution >= 4 is 35.1 Å². The number of amides is 2. The van der Waals surface area contributed by atoms with Gasteiger partial charge >= 0.3 is 5.97 Å². The summed E-state index contributed by atoms with van der Waals surface area (Å²) in [4.78, 5) is 39.3. The lowest BCUT2D eigenvalue weighted by Gasteiger charge is -2.36. The van der Waals surface area contributed by atoms with Gasteiger partial charge in [0.25, 0.3) is 5.91 Å². The summed E-state index contributed by atoms with van der Waals surface area (Å²) in [5.74, 6) is -0.483. The van der Waals surface area contributed by atoms with E-state index in [-0.39, 0.29) is 35.7 Å². The molecule has 2 fully saturated rings. The van der Waals surface area contributed by atoms with E-state index in [1.165, 1.54) is 38.4 Å². The molecule has 12 heteroatoms. The fraction of sp³-hybridized carbons (Fsp3) is 0.545. The normalized spacial score (nSPS) is 19.7. The van der Waals surface area contributed by atoms with Crippen molar-refractivity contribution in [1.82, 2.24) is 15.5 Å². The molecule has 0 aliphatic carbocycles. The first-order valence-corrected chi connectivity index (χ1v) is 11.3. The molecule has 0 aromatic heterocycles. The summed E-state index contributed by atoms with van der Waals surface area (Å²) in [7, 11) is 4.35. The third kappa shape index (κ3) is 6.06. The van der Waals surface area contributed by atoms with Crippen LogP contribution >= 0.6 is 12.2 Å². The minimum atomic E-state index is -0.904. The van der Waals surface area contributed by atoms with Gasteiger partial charge in [0.05, 0.1) is 33.9 Å². The van der Waals surface area contributed by atoms with Gasteiger partial charge in [-0.3, -0.25) is 19.7 Å². The Kier molecular flexibility index (Phi) is 8.88. The highest BCUT2D eigenvalue weighted by molar-refractivity contribution is 7.80. The molecular weight excluding hydrogens is 466 g/mol. The molecule has 2 amide bonds. The summed E-state index contributed by atoms with van der Waals surface area (Å²) in [6.45, 7) is 1.45. The van der Waals surface area contributed by atoms with Crippen molar-refractivity contribution in [1.29, 1.82) is 0 Å². The summed E-state index contributed by atoms with van der Waals surface area (Å²) < 4.78 is 26.6. The smallest absolute Gasteiger partial charge is 0.308 e. The minimum absolute atomic E-state index is 0.0190. The maximum Gasteiger partial charge on any atom is 0.308 e. The summed E-state index contributed by atoms with van der Waals surface area (Å²) in [5.41, 5.74) is 0.214. The van der Waals surface area contributed by atoms with Crippen molar-refractivity contribution in [2.45, 2.75) is 31.4 Å². The Balaban J connectivity index is 1.67. The zero-order chi connectivity index (χ0) is 24.7. The van der Waals surface area contributed by atoms with Gasteiger partial charge in [-0.15, -0.1) is 0 Å². The highest BCUT2D eigenvalue weighted by Gasteiger charge is 2.34. The van der Waals surface area contributed by atoms with Crippen molar-refractivity contribution in [2.75, 3.05) is 47.6 Å². The van der Waals surface area contributed by atoms with Gasteiger partial charge in [0, 0.05) is 25.3 Å². The van der Waals surface area contributed by atoms with Crippen LogP contribution in [-0.2, 0) is 19.1 Å². The Bertz CT molecular complexity index is 910. The van der Waals surface area contributed by atoms with Crippen molar-refractivity contribution in [2.24, 2.45) is 0 Å². The predicted molar refractivity (Wildman–Crippen MR) is 124 cm³/mol. The molecular formula is C22H29N3O8S. The molecule has 3 rings (SSSR count). The summed E-state index contributed by atoms with van der Waals surface area (Å²) >= 11 is 5.41. The molecule has 11 nitrogen and oxygen atoms in total. The van der Waals surface area contributed by atoms with Gasteiger partial charge in [-0.1, -0.05) is 0 Å². The van der Waals surface area contributed by atoms with Gasteiger partial charge in [-0.05, 0) is 37.2 Å². The highest BCUT2D eigenvalue weighted by atomic mass is 32.1. The molecule has 2 saturated heterocycles. The second kappa shape index (κ2) is 11.8. The van der Waals surface area contributed by atoms with E-state index in [0.29, 0.717) is 36.9 Å². The number of nitrogens with one attached hydrogen (secondary N) is 2. The van der Waals surface area contributed by atoms with Crippen LogP contribution < -0.4 is 24.8 Å². The molecule has 0 saturated carbocycles. The van der Waals surface area contributed by atoms with Crippen LogP contribution in [0.5, 0.6) is 17.2 Å². The monoisotopic (exact) mass is 495 g/mol. The topological polar surface area (TPSA) is 125 Å². The zero-order valence-corrected chi connectivity index (χ0v) is 20.2. The molecule has 0 bridgehead atoms. The van der Waals surface area contributed by atoms with Crippen molar-refractivity contribution < 1.29 is 38.1 Å². The van der Waals surface area contributed by atoms with Crippen LogP contribution in [0.15, 0.2) is 12.1 Å². The van der Waals surface area contributed by atoms with E-state index >= 15 is 0 Å². The fourth-order valence-electron chi connectivity index (χ4n) is 3.79. The number of nitrogens with zero attached hydrogens (tertiary/aromatic N) is 1. The Morgan fingerprint density at radius 1 is 1.21 bits per heavy atom. The van der Waals surface area contributed by atoms with Crippen LogP contribution in [0.3, 0.4) is 0 Å². The number of hydrogen-bond donors (Lipinski definition) is 2. The zero-order valence-electron chi connectivity index (χ0n) is 19.4. The summed E-state index contributed by atoms with van der Waals surface area (Å²) in [6, 6.07) is 2.07. The number of hydrogen-bond acceptors (Lipinski definition) is 9. The maximum absolute atomic E-state index is 12.9. The Labute approximate surface area is 203 Å². The number of benzene rings is 1. The molecule has 186 valence electrons. The van der Waals surface area contributed by atoms with Crippen LogP contribution in [0, 0.1) is 0 Å². The first-order valence-electron chi connectivity index (χ1n) is 10.8. The molecule has 2 aliphatic heterocycles. The average Bonchev–Trinajstić information content (AvgIpc) is 3.36. The summed E-state index contributed by atoms with van der Waals surface area (Å²) in [5, 5.41) is 5.35. The standard InChI is InChI=1S/C22H29N3O8S/c1-29-16-9-13(10-17(30-2)19(16)31-3)20(27)24-22(34)25-7-6-23-21(28)15(25)11-18(26)33-12-14-5-4-8-32-14/h9-10,14-15H,4-8,11-12H2,1-3H3,(H,23,28)(H,24,27,34). The lowest BCUT2D eigenvalue weighted by molar-refractivity contribution is -0.150. The van der Waals surface area contributed by atoms with Crippen LogP contribution in [0.1, 0.15) is 29.6 Å². The van der Waals surface area contributed by atoms with Gasteiger partial charge in [0.2, 0.25) is 11.7 Å². The van der Waals surface area contributed by atoms with Crippen molar-refractivity contribution in [3.05, 3.63) is 17.7 Å². The van der Waals surface area contributed by atoms with Gasteiger partial charge in [0.1, 0.15) is 12.6 Å². The lowest BCUT2D eigenvalue weighted by atomic mass is 10.1. The largest absolute Gasteiger partial charge is 0.493 e. The Morgan fingerprint density at radius 2 is 1.91 bits per heavy atom. The Morgan fingerprint density at radius 3 is 2.50 bits per heavy atom. The molecule has 34 heavy (non-hydrogen) atoms. The molecule has 2 N–H and O–H groups in total. The van der Waals surface area contributed by atoms with Crippen LogP contribution in [0.4, 0.5) is 0 Å². The number of piperazine rings is 1. The van der Waals surface area contributed by atoms with Crippen LogP contribution in [0.2, 0.25) is 0 Å². The molecule has 0 radical (unpaired) electrons. The number of thiocarbonyl (C=S) groups is 1. The van der Waals surface area contributed by atoms with E-state index < -0.39 is 17.9 Å². The molecule has 2 heterocycles. The van der Waals surface area contributed by atoms with E-state index in [2.05, 4.69) is 10.6 Å². The highest BCUT2D eigenvalue weighted by Crippen LogP contribution is 2.38. The fourth-order valence-corrected chi connectivity index (χ4v) is 4.10. The molecule has 2 atom stereocenters. The van der Waals surface area contributed by atoms with Gasteiger partial charge in [-0.25, -0.2) is 0 Å². The number of carbonyl (C=O) groups excluding carboxylic acids is 3. The predicted octanol–water partition coefficient (Wildman–Crippen LogP) is 0.640. The van der Waals surface area contributed by atoms with E-state index in [0.717, 1.165) is 12.8 Å². The Hall–Kier alpha value is -3.12. The van der Waals surface area contributed by atoms with Gasteiger partial charge in [-0.2, -0.15) is 0 Å². The van der Waals surface area contributed by atoms with E-state index in [9.17, 15) is 14.4 Å².